The second kappa shape index (κ2) is 4.94. The van der Waals surface area contributed by atoms with Gasteiger partial charge in [-0.05, 0) is 18.4 Å². The first-order chi connectivity index (χ1) is 9.22. The lowest BCUT2D eigenvalue weighted by molar-refractivity contribution is 0.194. The van der Waals surface area contributed by atoms with Crippen molar-refractivity contribution in [3.05, 3.63) is 41.2 Å². The molecule has 6 nitrogen and oxygen atoms in total. The Bertz CT molecular complexity index is 657. The monoisotopic (exact) mass is 276 g/mol. The Labute approximate surface area is 113 Å². The van der Waals surface area contributed by atoms with Crippen molar-refractivity contribution in [2.24, 2.45) is 0 Å². The van der Waals surface area contributed by atoms with Crippen LogP contribution in [0.5, 0.6) is 0 Å². The largest absolute Gasteiger partial charge is 0.387 e. The summed E-state index contributed by atoms with van der Waals surface area (Å²) in [6, 6.07) is 5.83. The van der Waals surface area contributed by atoms with Crippen molar-refractivity contribution in [2.75, 3.05) is 0 Å². The van der Waals surface area contributed by atoms with Gasteiger partial charge in [0.1, 0.15) is 11.4 Å². The molecule has 0 bridgehead atoms. The molecular weight excluding hydrogens is 264 g/mol. The molecule has 3 rings (SSSR count). The van der Waals surface area contributed by atoms with Gasteiger partial charge in [0.15, 0.2) is 5.76 Å². The molecule has 7 heteroatoms. The minimum atomic E-state index is -0.618. The highest BCUT2D eigenvalue weighted by atomic mass is 32.1. The van der Waals surface area contributed by atoms with E-state index in [2.05, 4.69) is 15.5 Å². The quantitative estimate of drug-likeness (QED) is 0.789. The molecule has 98 valence electrons. The van der Waals surface area contributed by atoms with Gasteiger partial charge in [-0.15, -0.1) is 16.4 Å². The molecule has 0 amide bonds. The van der Waals surface area contributed by atoms with Crippen molar-refractivity contribution in [1.29, 1.82) is 0 Å². The minimum Gasteiger partial charge on any atom is -0.387 e. The van der Waals surface area contributed by atoms with Gasteiger partial charge in [-0.25, -0.2) is 4.68 Å². The van der Waals surface area contributed by atoms with Gasteiger partial charge >= 0.3 is 0 Å². The molecule has 3 aromatic rings. The highest BCUT2D eigenvalue weighted by Gasteiger charge is 2.10. The molecule has 1 atom stereocenters. The van der Waals surface area contributed by atoms with E-state index < -0.39 is 6.10 Å². The Morgan fingerprint density at radius 3 is 3.11 bits per heavy atom. The van der Waals surface area contributed by atoms with Crippen molar-refractivity contribution in [3.8, 4) is 10.6 Å². The fourth-order valence-corrected chi connectivity index (χ4v) is 2.34. The summed E-state index contributed by atoms with van der Waals surface area (Å²) in [4.78, 5) is 1.04. The Morgan fingerprint density at radius 1 is 1.53 bits per heavy atom. The van der Waals surface area contributed by atoms with Gasteiger partial charge in [-0.2, -0.15) is 0 Å². The highest BCUT2D eigenvalue weighted by molar-refractivity contribution is 7.13. The smallest absolute Gasteiger partial charge is 0.177 e. The number of hydrogen-bond acceptors (Lipinski definition) is 6. The number of rotatable bonds is 4. The van der Waals surface area contributed by atoms with E-state index in [1.165, 1.54) is 0 Å². The van der Waals surface area contributed by atoms with E-state index in [4.69, 9.17) is 4.52 Å². The normalized spacial score (nSPS) is 12.7. The molecule has 0 saturated carbocycles. The molecule has 19 heavy (non-hydrogen) atoms. The summed E-state index contributed by atoms with van der Waals surface area (Å²) in [6.45, 7) is 2.12. The third-order valence-electron chi connectivity index (χ3n) is 2.63. The molecule has 1 N–H and O–H groups in total. The standard InChI is InChI=1S/C12H12N4O2S/c1-8(17)10-7-16(15-13-10)6-9-5-11(18-14-9)12-3-2-4-19-12/h2-5,7-8,17H,6H2,1H3. The molecule has 1 unspecified atom stereocenters. The number of nitrogens with zero attached hydrogens (tertiary/aromatic N) is 4. The first kappa shape index (κ1) is 12.1. The third-order valence-corrected chi connectivity index (χ3v) is 3.52. The van der Waals surface area contributed by atoms with Crippen molar-refractivity contribution in [2.45, 2.75) is 19.6 Å². The van der Waals surface area contributed by atoms with Crippen LogP contribution < -0.4 is 0 Å². The van der Waals surface area contributed by atoms with E-state index in [1.54, 1.807) is 29.1 Å². The number of aliphatic hydroxyl groups is 1. The minimum absolute atomic E-state index is 0.467. The fraction of sp³-hybridized carbons (Fsp3) is 0.250. The lowest BCUT2D eigenvalue weighted by Gasteiger charge is -1.95. The van der Waals surface area contributed by atoms with E-state index in [1.807, 2.05) is 23.6 Å². The van der Waals surface area contributed by atoms with Crippen LogP contribution in [-0.2, 0) is 6.54 Å². The molecule has 0 aromatic carbocycles. The van der Waals surface area contributed by atoms with E-state index in [0.29, 0.717) is 12.2 Å². The molecule has 0 aliphatic rings. The lowest BCUT2D eigenvalue weighted by Crippen LogP contribution is -2.00. The van der Waals surface area contributed by atoms with E-state index >= 15 is 0 Å². The SMILES string of the molecule is CC(O)c1cn(Cc2cc(-c3cccs3)on2)nn1. The maximum atomic E-state index is 9.38. The summed E-state index contributed by atoms with van der Waals surface area (Å²) in [5.74, 6) is 0.751. The average Bonchev–Trinajstić information content (AvgIpc) is 3.09. The zero-order valence-corrected chi connectivity index (χ0v) is 11.0. The Balaban J connectivity index is 1.76. The van der Waals surface area contributed by atoms with Gasteiger partial charge in [0.05, 0.1) is 23.7 Å². The van der Waals surface area contributed by atoms with Gasteiger partial charge in [0.2, 0.25) is 0 Å². The van der Waals surface area contributed by atoms with E-state index in [-0.39, 0.29) is 0 Å². The summed E-state index contributed by atoms with van der Waals surface area (Å²) >= 11 is 1.60. The van der Waals surface area contributed by atoms with Gasteiger partial charge in [-0.1, -0.05) is 16.4 Å². The van der Waals surface area contributed by atoms with Crippen LogP contribution in [-0.4, -0.2) is 25.3 Å². The molecule has 0 fully saturated rings. The number of thiophene rings is 1. The maximum absolute atomic E-state index is 9.38. The molecule has 3 aromatic heterocycles. The predicted octanol–water partition coefficient (Wildman–Crippen LogP) is 2.10. The van der Waals surface area contributed by atoms with Crippen LogP contribution in [0.25, 0.3) is 10.6 Å². The number of aliphatic hydroxyl groups excluding tert-OH is 1. The number of hydrogen-bond donors (Lipinski definition) is 1. The van der Waals surface area contributed by atoms with Crippen molar-refractivity contribution >= 4 is 11.3 Å². The Hall–Kier alpha value is -1.99. The summed E-state index contributed by atoms with van der Waals surface area (Å²) in [6.07, 6.45) is 1.08. The molecule has 0 aliphatic heterocycles. The summed E-state index contributed by atoms with van der Waals surface area (Å²) in [7, 11) is 0. The van der Waals surface area contributed by atoms with Gasteiger partial charge in [0, 0.05) is 6.07 Å². The van der Waals surface area contributed by atoms with Crippen LogP contribution >= 0.6 is 11.3 Å². The molecule has 0 radical (unpaired) electrons. The summed E-state index contributed by atoms with van der Waals surface area (Å²) in [5.41, 5.74) is 1.31. The van der Waals surface area contributed by atoms with Crippen molar-refractivity contribution in [3.63, 3.8) is 0 Å². The zero-order chi connectivity index (χ0) is 13.2. The van der Waals surface area contributed by atoms with Gasteiger partial charge in [-0.3, -0.25) is 0 Å². The fourth-order valence-electron chi connectivity index (χ4n) is 1.67. The van der Waals surface area contributed by atoms with Gasteiger partial charge in [0.25, 0.3) is 0 Å². The third kappa shape index (κ3) is 2.56. The van der Waals surface area contributed by atoms with Crippen LogP contribution in [0.15, 0.2) is 34.3 Å². The molecule has 0 saturated heterocycles. The summed E-state index contributed by atoms with van der Waals surface area (Å²) in [5, 5.41) is 23.2. The number of aromatic nitrogens is 4. The Morgan fingerprint density at radius 2 is 2.42 bits per heavy atom. The predicted molar refractivity (Wildman–Crippen MR) is 69.6 cm³/mol. The first-order valence-electron chi connectivity index (χ1n) is 5.80. The average molecular weight is 276 g/mol. The van der Waals surface area contributed by atoms with Crippen LogP contribution in [0.1, 0.15) is 24.4 Å². The topological polar surface area (TPSA) is 77.0 Å². The van der Waals surface area contributed by atoms with Crippen LogP contribution in [0, 0.1) is 0 Å². The van der Waals surface area contributed by atoms with E-state index in [0.717, 1.165) is 16.3 Å². The molecule has 0 spiro atoms. The highest BCUT2D eigenvalue weighted by Crippen LogP contribution is 2.25. The molecule has 3 heterocycles. The van der Waals surface area contributed by atoms with Gasteiger partial charge < -0.3 is 9.63 Å². The lowest BCUT2D eigenvalue weighted by atomic mass is 10.3. The van der Waals surface area contributed by atoms with Crippen LogP contribution in [0.4, 0.5) is 0 Å². The van der Waals surface area contributed by atoms with Crippen LogP contribution in [0.2, 0.25) is 0 Å². The molecular formula is C12H12N4O2S. The van der Waals surface area contributed by atoms with E-state index in [9.17, 15) is 5.11 Å². The van der Waals surface area contributed by atoms with Crippen molar-refractivity contribution in [1.82, 2.24) is 20.2 Å². The summed E-state index contributed by atoms with van der Waals surface area (Å²) < 4.78 is 6.91. The zero-order valence-electron chi connectivity index (χ0n) is 10.2. The van der Waals surface area contributed by atoms with Crippen molar-refractivity contribution < 1.29 is 9.63 Å². The first-order valence-corrected chi connectivity index (χ1v) is 6.68. The van der Waals surface area contributed by atoms with Crippen LogP contribution in [0.3, 0.4) is 0 Å². The second-order valence-corrected chi connectivity index (χ2v) is 5.12. The Kier molecular flexibility index (Phi) is 3.14. The second-order valence-electron chi connectivity index (χ2n) is 4.18. The molecule has 0 aliphatic carbocycles. The maximum Gasteiger partial charge on any atom is 0.177 e.